The van der Waals surface area contributed by atoms with Crippen molar-refractivity contribution in [1.29, 1.82) is 0 Å². The molecular weight excluding hydrogens is 294 g/mol. The van der Waals surface area contributed by atoms with Crippen molar-refractivity contribution in [3.63, 3.8) is 0 Å². The molecule has 1 amide bonds. The molecule has 2 heterocycles. The maximum atomic E-state index is 12.1. The lowest BCUT2D eigenvalue weighted by atomic mass is 10.0. The van der Waals surface area contributed by atoms with Crippen LogP contribution < -0.4 is 5.32 Å². The number of carbonyl (C=O) groups excluding carboxylic acids is 1. The van der Waals surface area contributed by atoms with Crippen molar-refractivity contribution in [2.45, 2.75) is 25.5 Å². The Balaban J connectivity index is 1.56. The topological polar surface area (TPSA) is 76.4 Å². The van der Waals surface area contributed by atoms with Crippen LogP contribution in [0.1, 0.15) is 24.5 Å². The Morgan fingerprint density at radius 2 is 2.09 bits per heavy atom. The van der Waals surface area contributed by atoms with Gasteiger partial charge in [0.2, 0.25) is 0 Å². The first-order valence-corrected chi connectivity index (χ1v) is 7.86. The van der Waals surface area contributed by atoms with E-state index in [1.807, 2.05) is 10.7 Å². The third-order valence-electron chi connectivity index (χ3n) is 4.05. The van der Waals surface area contributed by atoms with E-state index in [1.165, 1.54) is 0 Å². The maximum absolute atomic E-state index is 12.1. The van der Waals surface area contributed by atoms with Crippen LogP contribution in [-0.2, 0) is 16.1 Å². The summed E-state index contributed by atoms with van der Waals surface area (Å²) in [6.07, 6.45) is 4.29. The fourth-order valence-corrected chi connectivity index (χ4v) is 2.72. The SMILES string of the molecule is O=C(Nc1cnn(CC2CCOCC2)c1)C(O)c1ccccc1. The van der Waals surface area contributed by atoms with E-state index in [0.717, 1.165) is 32.6 Å². The molecule has 122 valence electrons. The minimum absolute atomic E-state index is 0.457. The van der Waals surface area contributed by atoms with Gasteiger partial charge in [-0.2, -0.15) is 5.10 Å². The van der Waals surface area contributed by atoms with Crippen molar-refractivity contribution in [1.82, 2.24) is 9.78 Å². The fraction of sp³-hybridized carbons (Fsp3) is 0.412. The van der Waals surface area contributed by atoms with Crippen LogP contribution in [0.2, 0.25) is 0 Å². The van der Waals surface area contributed by atoms with Gasteiger partial charge >= 0.3 is 0 Å². The van der Waals surface area contributed by atoms with Gasteiger partial charge in [0.1, 0.15) is 0 Å². The highest BCUT2D eigenvalue weighted by Gasteiger charge is 2.18. The highest BCUT2D eigenvalue weighted by molar-refractivity contribution is 5.94. The van der Waals surface area contributed by atoms with Crippen LogP contribution >= 0.6 is 0 Å². The molecular formula is C17H21N3O3. The molecule has 1 fully saturated rings. The Kier molecular flexibility index (Phi) is 5.05. The van der Waals surface area contributed by atoms with Crippen LogP contribution in [0.25, 0.3) is 0 Å². The van der Waals surface area contributed by atoms with Crippen LogP contribution in [0.3, 0.4) is 0 Å². The molecule has 1 atom stereocenters. The number of rotatable bonds is 5. The lowest BCUT2D eigenvalue weighted by Crippen LogP contribution is -2.21. The average molecular weight is 315 g/mol. The average Bonchev–Trinajstić information content (AvgIpc) is 3.02. The van der Waals surface area contributed by atoms with Crippen LogP contribution in [0.15, 0.2) is 42.7 Å². The Bertz CT molecular complexity index is 636. The molecule has 0 radical (unpaired) electrons. The molecule has 0 bridgehead atoms. The number of ether oxygens (including phenoxy) is 1. The van der Waals surface area contributed by atoms with Gasteiger partial charge in [-0.1, -0.05) is 30.3 Å². The van der Waals surface area contributed by atoms with E-state index in [0.29, 0.717) is 17.2 Å². The smallest absolute Gasteiger partial charge is 0.257 e. The number of aromatic nitrogens is 2. The summed E-state index contributed by atoms with van der Waals surface area (Å²) in [5, 5.41) is 17.0. The molecule has 6 heteroatoms. The Hall–Kier alpha value is -2.18. The monoisotopic (exact) mass is 315 g/mol. The van der Waals surface area contributed by atoms with E-state index in [9.17, 15) is 9.90 Å². The predicted molar refractivity (Wildman–Crippen MR) is 85.8 cm³/mol. The molecule has 6 nitrogen and oxygen atoms in total. The molecule has 0 spiro atoms. The first-order valence-electron chi connectivity index (χ1n) is 7.86. The maximum Gasteiger partial charge on any atom is 0.257 e. The molecule has 1 saturated heterocycles. The normalized spacial score (nSPS) is 16.9. The molecule has 1 aromatic carbocycles. The summed E-state index contributed by atoms with van der Waals surface area (Å²) < 4.78 is 7.18. The number of anilines is 1. The quantitative estimate of drug-likeness (QED) is 0.884. The van der Waals surface area contributed by atoms with Gasteiger partial charge < -0.3 is 15.2 Å². The van der Waals surface area contributed by atoms with Gasteiger partial charge in [-0.15, -0.1) is 0 Å². The van der Waals surface area contributed by atoms with Gasteiger partial charge in [-0.25, -0.2) is 0 Å². The summed E-state index contributed by atoms with van der Waals surface area (Å²) in [6, 6.07) is 8.86. The van der Waals surface area contributed by atoms with E-state index in [-0.39, 0.29) is 0 Å². The number of nitrogens with one attached hydrogen (secondary N) is 1. The third-order valence-corrected chi connectivity index (χ3v) is 4.05. The number of hydrogen-bond donors (Lipinski definition) is 2. The standard InChI is InChI=1S/C17H21N3O3/c21-16(14-4-2-1-3-5-14)17(22)19-15-10-18-20(12-15)11-13-6-8-23-9-7-13/h1-5,10,12-13,16,21H,6-9,11H2,(H,19,22). The molecule has 1 aromatic heterocycles. The van der Waals surface area contributed by atoms with Crippen LogP contribution in [0.5, 0.6) is 0 Å². The van der Waals surface area contributed by atoms with Crippen molar-refractivity contribution < 1.29 is 14.6 Å². The van der Waals surface area contributed by atoms with Gasteiger partial charge in [0.25, 0.3) is 5.91 Å². The number of amides is 1. The number of carbonyl (C=O) groups is 1. The largest absolute Gasteiger partial charge is 0.381 e. The van der Waals surface area contributed by atoms with Crippen LogP contribution in [-0.4, -0.2) is 34.0 Å². The second-order valence-electron chi connectivity index (χ2n) is 5.81. The zero-order chi connectivity index (χ0) is 16.1. The Labute approximate surface area is 135 Å². The lowest BCUT2D eigenvalue weighted by molar-refractivity contribution is -0.124. The van der Waals surface area contributed by atoms with E-state index in [2.05, 4.69) is 10.4 Å². The number of benzene rings is 1. The molecule has 23 heavy (non-hydrogen) atoms. The van der Waals surface area contributed by atoms with Crippen molar-refractivity contribution in [3.05, 3.63) is 48.3 Å². The second kappa shape index (κ2) is 7.39. The van der Waals surface area contributed by atoms with Gasteiger partial charge in [0.15, 0.2) is 6.10 Å². The number of nitrogens with zero attached hydrogens (tertiary/aromatic N) is 2. The van der Waals surface area contributed by atoms with E-state index < -0.39 is 12.0 Å². The molecule has 2 aromatic rings. The van der Waals surface area contributed by atoms with Gasteiger partial charge in [0, 0.05) is 26.0 Å². The Morgan fingerprint density at radius 1 is 1.35 bits per heavy atom. The van der Waals surface area contributed by atoms with Gasteiger partial charge in [0.05, 0.1) is 11.9 Å². The first kappa shape index (κ1) is 15.7. The van der Waals surface area contributed by atoms with Crippen molar-refractivity contribution in [2.24, 2.45) is 5.92 Å². The minimum Gasteiger partial charge on any atom is -0.381 e. The van der Waals surface area contributed by atoms with Crippen LogP contribution in [0, 0.1) is 5.92 Å². The van der Waals surface area contributed by atoms with E-state index >= 15 is 0 Å². The highest BCUT2D eigenvalue weighted by Crippen LogP contribution is 2.18. The van der Waals surface area contributed by atoms with Crippen molar-refractivity contribution in [3.8, 4) is 0 Å². The third kappa shape index (κ3) is 4.18. The van der Waals surface area contributed by atoms with Gasteiger partial charge in [-0.05, 0) is 24.3 Å². The summed E-state index contributed by atoms with van der Waals surface area (Å²) in [5.74, 6) is 0.101. The van der Waals surface area contributed by atoms with E-state index in [1.54, 1.807) is 36.7 Å². The molecule has 0 aliphatic carbocycles. The Morgan fingerprint density at radius 3 is 2.83 bits per heavy atom. The zero-order valence-electron chi connectivity index (χ0n) is 12.9. The number of hydrogen-bond acceptors (Lipinski definition) is 4. The van der Waals surface area contributed by atoms with Crippen molar-refractivity contribution >= 4 is 11.6 Å². The van der Waals surface area contributed by atoms with Crippen molar-refractivity contribution in [2.75, 3.05) is 18.5 Å². The van der Waals surface area contributed by atoms with Gasteiger partial charge in [-0.3, -0.25) is 9.48 Å². The highest BCUT2D eigenvalue weighted by atomic mass is 16.5. The summed E-state index contributed by atoms with van der Waals surface area (Å²) in [7, 11) is 0. The fourth-order valence-electron chi connectivity index (χ4n) is 2.72. The molecule has 1 unspecified atom stereocenters. The molecule has 3 rings (SSSR count). The molecule has 0 saturated carbocycles. The molecule has 1 aliphatic heterocycles. The summed E-state index contributed by atoms with van der Waals surface area (Å²) in [4.78, 5) is 12.1. The molecule has 1 aliphatic rings. The number of aliphatic hydroxyl groups is 1. The minimum atomic E-state index is -1.19. The predicted octanol–water partition coefficient (Wildman–Crippen LogP) is 1.98. The summed E-state index contributed by atoms with van der Waals surface area (Å²) in [6.45, 7) is 2.43. The van der Waals surface area contributed by atoms with Crippen LogP contribution in [0.4, 0.5) is 5.69 Å². The first-order chi connectivity index (χ1) is 11.2. The molecule has 2 N–H and O–H groups in total. The second-order valence-corrected chi connectivity index (χ2v) is 5.81. The number of aliphatic hydroxyl groups excluding tert-OH is 1. The summed E-state index contributed by atoms with van der Waals surface area (Å²) >= 11 is 0. The summed E-state index contributed by atoms with van der Waals surface area (Å²) in [5.41, 5.74) is 1.16. The van der Waals surface area contributed by atoms with E-state index in [4.69, 9.17) is 4.74 Å². The lowest BCUT2D eigenvalue weighted by Gasteiger charge is -2.21. The zero-order valence-corrected chi connectivity index (χ0v) is 12.9.